The van der Waals surface area contributed by atoms with Crippen molar-refractivity contribution in [2.75, 3.05) is 0 Å². The number of carbonyl (C=O) groups is 1. The van der Waals surface area contributed by atoms with Crippen molar-refractivity contribution in [1.29, 1.82) is 0 Å². The van der Waals surface area contributed by atoms with Crippen molar-refractivity contribution in [2.45, 2.75) is 13.5 Å². The van der Waals surface area contributed by atoms with E-state index in [1.165, 1.54) is 6.07 Å². The van der Waals surface area contributed by atoms with Gasteiger partial charge in [0.05, 0.1) is 17.2 Å². The highest BCUT2D eigenvalue weighted by atomic mass is 19.1. The van der Waals surface area contributed by atoms with Gasteiger partial charge >= 0.3 is 5.69 Å². The SMILES string of the molecule is Cc1cc(CNC(=O)c2c(F)ccc([N+](=O)[O-])c2F)on1. The fraction of sp³-hybridized carbons (Fsp3) is 0.167. The summed E-state index contributed by atoms with van der Waals surface area (Å²) in [5.74, 6) is -3.55. The molecule has 0 radical (unpaired) electrons. The lowest BCUT2D eigenvalue weighted by Crippen LogP contribution is -2.25. The van der Waals surface area contributed by atoms with Crippen molar-refractivity contribution in [2.24, 2.45) is 0 Å². The van der Waals surface area contributed by atoms with Gasteiger partial charge < -0.3 is 9.84 Å². The standard InChI is InChI=1S/C12H9F2N3O4/c1-6-4-7(21-16-6)5-15-12(18)10-8(13)2-3-9(11(10)14)17(19)20/h2-4H,5H2,1H3,(H,15,18). The summed E-state index contributed by atoms with van der Waals surface area (Å²) in [6, 6.07) is 2.84. The maximum absolute atomic E-state index is 13.8. The van der Waals surface area contributed by atoms with Crippen molar-refractivity contribution in [3.8, 4) is 0 Å². The van der Waals surface area contributed by atoms with Crippen LogP contribution in [-0.2, 0) is 6.54 Å². The second-order valence-electron chi connectivity index (χ2n) is 4.13. The van der Waals surface area contributed by atoms with Gasteiger partial charge in [-0.1, -0.05) is 5.16 Å². The molecule has 0 aliphatic carbocycles. The number of halogens is 2. The lowest BCUT2D eigenvalue weighted by molar-refractivity contribution is -0.387. The summed E-state index contributed by atoms with van der Waals surface area (Å²) in [4.78, 5) is 21.3. The van der Waals surface area contributed by atoms with Crippen LogP contribution in [0.1, 0.15) is 21.8 Å². The van der Waals surface area contributed by atoms with E-state index in [1.54, 1.807) is 6.92 Å². The van der Waals surface area contributed by atoms with Crippen molar-refractivity contribution >= 4 is 11.6 Å². The molecule has 1 amide bonds. The molecule has 0 bridgehead atoms. The summed E-state index contributed by atoms with van der Waals surface area (Å²) in [6.45, 7) is 1.51. The molecule has 0 unspecified atom stereocenters. The number of aromatic nitrogens is 1. The van der Waals surface area contributed by atoms with E-state index in [0.717, 1.165) is 0 Å². The molecule has 2 rings (SSSR count). The third-order valence-corrected chi connectivity index (χ3v) is 2.59. The number of amides is 1. The van der Waals surface area contributed by atoms with Gasteiger partial charge in [0, 0.05) is 12.1 Å². The molecule has 1 N–H and O–H groups in total. The average molecular weight is 297 g/mol. The Bertz CT molecular complexity index is 715. The quantitative estimate of drug-likeness (QED) is 0.688. The van der Waals surface area contributed by atoms with Crippen LogP contribution in [0.15, 0.2) is 22.7 Å². The highest BCUT2D eigenvalue weighted by molar-refractivity contribution is 5.95. The molecule has 1 aromatic heterocycles. The highest BCUT2D eigenvalue weighted by Crippen LogP contribution is 2.23. The zero-order chi connectivity index (χ0) is 15.6. The molecule has 0 fully saturated rings. The van der Waals surface area contributed by atoms with Crippen molar-refractivity contribution in [1.82, 2.24) is 10.5 Å². The predicted molar refractivity (Wildman–Crippen MR) is 65.4 cm³/mol. The minimum absolute atomic E-state index is 0.152. The molecule has 9 heteroatoms. The molecule has 0 aliphatic rings. The molecule has 7 nitrogen and oxygen atoms in total. The summed E-state index contributed by atoms with van der Waals surface area (Å²) in [5, 5.41) is 16.4. The number of nitrogens with zero attached hydrogens (tertiary/aromatic N) is 2. The number of hydrogen-bond donors (Lipinski definition) is 1. The molecule has 0 aliphatic heterocycles. The zero-order valence-electron chi connectivity index (χ0n) is 10.7. The van der Waals surface area contributed by atoms with Crippen molar-refractivity contribution in [3.05, 3.63) is 57.0 Å². The van der Waals surface area contributed by atoms with Crippen LogP contribution >= 0.6 is 0 Å². The maximum atomic E-state index is 13.8. The van der Waals surface area contributed by atoms with Crippen LogP contribution < -0.4 is 5.32 Å². The second-order valence-corrected chi connectivity index (χ2v) is 4.13. The molecular weight excluding hydrogens is 288 g/mol. The van der Waals surface area contributed by atoms with Gasteiger partial charge in [-0.05, 0) is 13.0 Å². The minimum Gasteiger partial charge on any atom is -0.359 e. The normalized spacial score (nSPS) is 10.4. The Balaban J connectivity index is 2.22. The van der Waals surface area contributed by atoms with E-state index in [-0.39, 0.29) is 12.3 Å². The van der Waals surface area contributed by atoms with E-state index < -0.39 is 33.7 Å². The van der Waals surface area contributed by atoms with E-state index in [9.17, 15) is 23.7 Å². The third-order valence-electron chi connectivity index (χ3n) is 2.59. The first-order chi connectivity index (χ1) is 9.90. The minimum atomic E-state index is -1.52. The van der Waals surface area contributed by atoms with Crippen molar-refractivity contribution in [3.63, 3.8) is 0 Å². The molecule has 110 valence electrons. The molecule has 0 saturated carbocycles. The number of hydrogen-bond acceptors (Lipinski definition) is 5. The van der Waals surface area contributed by atoms with Crippen LogP contribution in [0.4, 0.5) is 14.5 Å². The molecule has 0 spiro atoms. The van der Waals surface area contributed by atoms with Crippen LogP contribution in [0.2, 0.25) is 0 Å². The molecule has 1 heterocycles. The molecule has 1 aromatic carbocycles. The van der Waals surface area contributed by atoms with Gasteiger partial charge in [0.1, 0.15) is 11.4 Å². The van der Waals surface area contributed by atoms with Crippen LogP contribution in [0.25, 0.3) is 0 Å². The first-order valence-corrected chi connectivity index (χ1v) is 5.73. The number of carbonyl (C=O) groups excluding carboxylic acids is 1. The van der Waals surface area contributed by atoms with E-state index in [1.807, 2.05) is 0 Å². The van der Waals surface area contributed by atoms with Gasteiger partial charge in [-0.25, -0.2) is 4.39 Å². The maximum Gasteiger partial charge on any atom is 0.305 e. The van der Waals surface area contributed by atoms with E-state index in [2.05, 4.69) is 10.5 Å². The van der Waals surface area contributed by atoms with E-state index in [4.69, 9.17) is 4.52 Å². The Labute approximate surface area is 116 Å². The number of benzene rings is 1. The van der Waals surface area contributed by atoms with Gasteiger partial charge in [0.25, 0.3) is 5.91 Å². The Morgan fingerprint density at radius 1 is 1.48 bits per heavy atom. The van der Waals surface area contributed by atoms with Crippen LogP contribution in [0.3, 0.4) is 0 Å². The van der Waals surface area contributed by atoms with E-state index in [0.29, 0.717) is 17.8 Å². The molecule has 0 atom stereocenters. The smallest absolute Gasteiger partial charge is 0.305 e. The van der Waals surface area contributed by atoms with Crippen LogP contribution in [0, 0.1) is 28.7 Å². The largest absolute Gasteiger partial charge is 0.359 e. The fourth-order valence-electron chi connectivity index (χ4n) is 1.65. The second kappa shape index (κ2) is 5.65. The monoisotopic (exact) mass is 297 g/mol. The molecule has 21 heavy (non-hydrogen) atoms. The highest BCUT2D eigenvalue weighted by Gasteiger charge is 2.26. The van der Waals surface area contributed by atoms with Gasteiger partial charge in [-0.3, -0.25) is 14.9 Å². The third kappa shape index (κ3) is 3.02. The van der Waals surface area contributed by atoms with Crippen LogP contribution in [-0.4, -0.2) is 16.0 Å². The van der Waals surface area contributed by atoms with Gasteiger partial charge in [0.2, 0.25) is 5.82 Å². The average Bonchev–Trinajstić information content (AvgIpc) is 2.82. The van der Waals surface area contributed by atoms with Gasteiger partial charge in [-0.2, -0.15) is 4.39 Å². The van der Waals surface area contributed by atoms with Gasteiger partial charge in [-0.15, -0.1) is 0 Å². The molecule has 0 saturated heterocycles. The predicted octanol–water partition coefficient (Wildman–Crippen LogP) is 2.10. The van der Waals surface area contributed by atoms with E-state index >= 15 is 0 Å². The molecule has 2 aromatic rings. The van der Waals surface area contributed by atoms with Crippen molar-refractivity contribution < 1.29 is 23.0 Å². The summed E-state index contributed by atoms with van der Waals surface area (Å²) >= 11 is 0. The van der Waals surface area contributed by atoms with Crippen LogP contribution in [0.5, 0.6) is 0 Å². The zero-order valence-corrected chi connectivity index (χ0v) is 10.7. The summed E-state index contributed by atoms with van der Waals surface area (Å²) < 4.78 is 32.1. The number of nitrogens with one attached hydrogen (secondary N) is 1. The number of nitro groups is 1. The fourth-order valence-corrected chi connectivity index (χ4v) is 1.65. The Morgan fingerprint density at radius 2 is 2.19 bits per heavy atom. The summed E-state index contributed by atoms with van der Waals surface area (Å²) in [5.41, 5.74) is -1.41. The summed E-state index contributed by atoms with van der Waals surface area (Å²) in [6.07, 6.45) is 0. The molecular formula is C12H9F2N3O4. The Morgan fingerprint density at radius 3 is 2.76 bits per heavy atom. The first kappa shape index (κ1) is 14.6. The first-order valence-electron chi connectivity index (χ1n) is 5.73. The lowest BCUT2D eigenvalue weighted by Gasteiger charge is -2.05. The number of nitro benzene ring substituents is 1. The van der Waals surface area contributed by atoms with Gasteiger partial charge in [0.15, 0.2) is 5.76 Å². The lowest BCUT2D eigenvalue weighted by atomic mass is 10.1. The topological polar surface area (TPSA) is 98.3 Å². The Hall–Kier alpha value is -2.84. The Kier molecular flexibility index (Phi) is 3.92. The summed E-state index contributed by atoms with van der Waals surface area (Å²) in [7, 11) is 0. The number of rotatable bonds is 4. The number of aryl methyl sites for hydroxylation is 1.